The summed E-state index contributed by atoms with van der Waals surface area (Å²) in [5.74, 6) is 0. The first-order valence-corrected chi connectivity index (χ1v) is 12.7. The van der Waals surface area contributed by atoms with Crippen molar-refractivity contribution in [1.29, 1.82) is 0 Å². The third-order valence-corrected chi connectivity index (χ3v) is 12.9. The second-order valence-electron chi connectivity index (χ2n) is 8.15. The number of aromatic amines is 1. The van der Waals surface area contributed by atoms with Gasteiger partial charge in [-0.2, -0.15) is 0 Å². The monoisotopic (exact) mass is 403 g/mol. The molecule has 1 unspecified atom stereocenters. The van der Waals surface area contributed by atoms with E-state index in [1.807, 2.05) is 0 Å². The van der Waals surface area contributed by atoms with E-state index in [1.165, 1.54) is 16.8 Å². The number of rotatable bonds is 4. The molecule has 2 saturated heterocycles. The summed E-state index contributed by atoms with van der Waals surface area (Å²) in [4.78, 5) is 25.6. The number of hydrogen-bond donors (Lipinski definition) is 3. The van der Waals surface area contributed by atoms with Crippen LogP contribution in [-0.4, -0.2) is 47.8 Å². The standard InChI is InChI=1S/C15H26N3O6PSi/c1-15(2,3)26(4,5)17-25-23-11-9(8-19)22-13(12(11)24-25)18-7-6-10(20)16-14(18)21/h6-7,9,11-13,17,19H,8H2,1-5H3,(H,16,20,21)/t9-,11-,12-,13-,25?/m1/s1. The topological polar surface area (TPSA) is 115 Å². The molecule has 0 aliphatic carbocycles. The van der Waals surface area contributed by atoms with Gasteiger partial charge in [0.2, 0.25) is 8.53 Å². The fourth-order valence-corrected chi connectivity index (χ4v) is 7.20. The number of aliphatic hydroxyl groups excluding tert-OH is 1. The molecular weight excluding hydrogens is 377 g/mol. The number of aromatic nitrogens is 2. The summed E-state index contributed by atoms with van der Waals surface area (Å²) in [5, 5.41) is 9.73. The molecule has 0 aromatic carbocycles. The van der Waals surface area contributed by atoms with E-state index in [0.29, 0.717) is 0 Å². The Kier molecular flexibility index (Phi) is 5.30. The van der Waals surface area contributed by atoms with Crippen molar-refractivity contribution in [2.75, 3.05) is 6.61 Å². The zero-order chi connectivity index (χ0) is 19.3. The quantitative estimate of drug-likeness (QED) is 0.508. The van der Waals surface area contributed by atoms with Crippen LogP contribution >= 0.6 is 8.53 Å². The van der Waals surface area contributed by atoms with Crippen molar-refractivity contribution in [3.8, 4) is 0 Å². The number of nitrogens with zero attached hydrogens (tertiary/aromatic N) is 1. The fourth-order valence-electron chi connectivity index (χ4n) is 2.64. The molecule has 0 amide bonds. The van der Waals surface area contributed by atoms with E-state index in [9.17, 15) is 14.7 Å². The molecule has 11 heteroatoms. The van der Waals surface area contributed by atoms with Crippen LogP contribution in [0.3, 0.4) is 0 Å². The predicted molar refractivity (Wildman–Crippen MR) is 99.3 cm³/mol. The Labute approximate surface area is 153 Å². The first-order valence-electron chi connectivity index (χ1n) is 8.53. The number of hydrogen-bond acceptors (Lipinski definition) is 7. The largest absolute Gasteiger partial charge is 0.394 e. The molecule has 5 atom stereocenters. The van der Waals surface area contributed by atoms with Crippen LogP contribution in [0.15, 0.2) is 21.9 Å². The summed E-state index contributed by atoms with van der Waals surface area (Å²) in [7, 11) is -3.22. The predicted octanol–water partition coefficient (Wildman–Crippen LogP) is 1.03. The molecule has 3 heterocycles. The number of ether oxygens (including phenoxy) is 1. The molecule has 9 nitrogen and oxygen atoms in total. The summed E-state index contributed by atoms with van der Waals surface area (Å²) < 4.78 is 22.7. The van der Waals surface area contributed by atoms with Crippen LogP contribution in [0, 0.1) is 0 Å². The maximum Gasteiger partial charge on any atom is 0.330 e. The van der Waals surface area contributed by atoms with E-state index in [0.717, 1.165) is 0 Å². The lowest BCUT2D eigenvalue weighted by atomic mass is 10.1. The van der Waals surface area contributed by atoms with E-state index in [1.54, 1.807) is 0 Å². The Balaban J connectivity index is 1.83. The summed E-state index contributed by atoms with van der Waals surface area (Å²) >= 11 is 0. The Hall–Kier alpha value is -0.873. The number of H-pyrrole nitrogens is 1. The molecule has 2 aliphatic rings. The summed E-state index contributed by atoms with van der Waals surface area (Å²) in [6.45, 7) is 10.7. The van der Waals surface area contributed by atoms with E-state index >= 15 is 0 Å². The van der Waals surface area contributed by atoms with Gasteiger partial charge in [0.1, 0.15) is 26.5 Å². The van der Waals surface area contributed by atoms with Gasteiger partial charge in [-0.25, -0.2) is 4.79 Å². The summed E-state index contributed by atoms with van der Waals surface area (Å²) in [6.07, 6.45) is -1.02. The Bertz CT molecular complexity index is 776. The average molecular weight is 403 g/mol. The highest BCUT2D eigenvalue weighted by molar-refractivity contribution is 7.48. The first kappa shape index (κ1) is 19.9. The van der Waals surface area contributed by atoms with Crippen LogP contribution in [0.4, 0.5) is 0 Å². The maximum atomic E-state index is 12.1. The van der Waals surface area contributed by atoms with Crippen LogP contribution in [0.5, 0.6) is 0 Å². The first-order chi connectivity index (χ1) is 12.0. The fraction of sp³-hybridized carbons (Fsp3) is 0.733. The number of fused-ring (bicyclic) bond motifs is 1. The van der Waals surface area contributed by atoms with Crippen molar-refractivity contribution in [3.05, 3.63) is 33.1 Å². The van der Waals surface area contributed by atoms with E-state index in [-0.39, 0.29) is 11.6 Å². The van der Waals surface area contributed by atoms with Gasteiger partial charge >= 0.3 is 5.69 Å². The minimum Gasteiger partial charge on any atom is -0.394 e. The smallest absolute Gasteiger partial charge is 0.330 e. The van der Waals surface area contributed by atoms with Gasteiger partial charge in [-0.15, -0.1) is 0 Å². The second kappa shape index (κ2) is 6.94. The van der Waals surface area contributed by atoms with Crippen molar-refractivity contribution in [3.63, 3.8) is 0 Å². The van der Waals surface area contributed by atoms with E-state index in [4.69, 9.17) is 13.8 Å². The van der Waals surface area contributed by atoms with Crippen LogP contribution in [0.25, 0.3) is 0 Å². The average Bonchev–Trinajstić information content (AvgIpc) is 3.04. The molecule has 0 radical (unpaired) electrons. The van der Waals surface area contributed by atoms with E-state index < -0.39 is 52.6 Å². The Morgan fingerprint density at radius 2 is 1.96 bits per heavy atom. The van der Waals surface area contributed by atoms with Crippen LogP contribution < -0.4 is 16.0 Å². The van der Waals surface area contributed by atoms with Crippen molar-refractivity contribution in [2.24, 2.45) is 0 Å². The van der Waals surface area contributed by atoms with Gasteiger partial charge in [0.25, 0.3) is 5.56 Å². The zero-order valence-corrected chi connectivity index (χ0v) is 17.4. The summed E-state index contributed by atoms with van der Waals surface area (Å²) in [6, 6.07) is 1.25. The number of aliphatic hydroxyl groups is 1. The maximum absolute atomic E-state index is 12.1. The lowest BCUT2D eigenvalue weighted by Crippen LogP contribution is -2.49. The van der Waals surface area contributed by atoms with Gasteiger partial charge in [0.15, 0.2) is 6.23 Å². The molecule has 0 bridgehead atoms. The van der Waals surface area contributed by atoms with Crippen molar-refractivity contribution in [1.82, 2.24) is 14.3 Å². The molecule has 1 aromatic rings. The van der Waals surface area contributed by atoms with Gasteiger partial charge in [0.05, 0.1) is 6.61 Å². The minimum absolute atomic E-state index is 0.0991. The van der Waals surface area contributed by atoms with E-state index in [2.05, 4.69) is 43.6 Å². The highest BCUT2D eigenvalue weighted by atomic mass is 31.2. The minimum atomic E-state index is -1.86. The molecular formula is C15H26N3O6PSi. The highest BCUT2D eigenvalue weighted by Gasteiger charge is 2.55. The molecule has 3 N–H and O–H groups in total. The lowest BCUT2D eigenvalue weighted by molar-refractivity contribution is -0.0571. The van der Waals surface area contributed by atoms with Gasteiger partial charge < -0.3 is 18.9 Å². The molecule has 2 aliphatic heterocycles. The normalized spacial score (nSPS) is 32.0. The molecule has 146 valence electrons. The third kappa shape index (κ3) is 3.59. The van der Waals surface area contributed by atoms with Crippen molar-refractivity contribution in [2.45, 2.75) is 63.4 Å². The summed E-state index contributed by atoms with van der Waals surface area (Å²) in [5.41, 5.74) is -1.07. The van der Waals surface area contributed by atoms with Crippen LogP contribution in [-0.2, 0) is 13.8 Å². The van der Waals surface area contributed by atoms with Gasteiger partial charge in [-0.3, -0.25) is 19.1 Å². The SMILES string of the molecule is CC(C)(C)[Si](C)(C)NP1O[C@@H]2[C@H](O1)[C@@H](CO)O[C@H]2n1ccc(=O)[nH]c1=O. The Morgan fingerprint density at radius 3 is 2.54 bits per heavy atom. The molecule has 1 aromatic heterocycles. The Morgan fingerprint density at radius 1 is 1.31 bits per heavy atom. The van der Waals surface area contributed by atoms with Crippen LogP contribution in [0.1, 0.15) is 27.0 Å². The third-order valence-electron chi connectivity index (χ3n) is 5.27. The van der Waals surface area contributed by atoms with Gasteiger partial charge in [-0.05, 0) is 5.04 Å². The van der Waals surface area contributed by atoms with Crippen LogP contribution in [0.2, 0.25) is 18.1 Å². The molecule has 2 fully saturated rings. The van der Waals surface area contributed by atoms with Gasteiger partial charge in [0, 0.05) is 12.3 Å². The molecule has 0 spiro atoms. The van der Waals surface area contributed by atoms with Gasteiger partial charge in [-0.1, -0.05) is 33.9 Å². The van der Waals surface area contributed by atoms with Crippen molar-refractivity contribution < 1.29 is 18.9 Å². The second-order valence-corrected chi connectivity index (χ2v) is 14.7. The zero-order valence-electron chi connectivity index (χ0n) is 15.6. The van der Waals surface area contributed by atoms with Crippen molar-refractivity contribution >= 4 is 16.8 Å². The highest BCUT2D eigenvalue weighted by Crippen LogP contribution is 2.54. The lowest BCUT2D eigenvalue weighted by Gasteiger charge is -2.38. The molecule has 3 rings (SSSR count). The number of nitrogens with one attached hydrogen (secondary N) is 2. The molecule has 0 saturated carbocycles. The molecule has 26 heavy (non-hydrogen) atoms.